The zero-order valence-corrected chi connectivity index (χ0v) is 10.7. The number of methoxy groups -OCH3 is 1. The number of likely N-dealkylation sites (N-methyl/N-ethyl adjacent to an activating group) is 1. The van der Waals surface area contributed by atoms with Crippen molar-refractivity contribution in [3.8, 4) is 5.75 Å². The minimum atomic E-state index is 0.421. The highest BCUT2D eigenvalue weighted by atomic mass is 16.5. The molecule has 0 saturated carbocycles. The van der Waals surface area contributed by atoms with Gasteiger partial charge in [0.05, 0.1) is 23.7 Å². The monoisotopic (exact) mass is 243 g/mol. The lowest BCUT2D eigenvalue weighted by molar-refractivity contribution is 0.386. The summed E-state index contributed by atoms with van der Waals surface area (Å²) in [6.45, 7) is 0.995. The number of H-pyrrole nitrogens is 1. The highest BCUT2D eigenvalue weighted by Crippen LogP contribution is 2.34. The molecule has 2 heterocycles. The number of hydrogen-bond acceptors (Lipinski definition) is 3. The molecule has 1 N–H and O–H groups in total. The molecular formula is C14H17N3O. The molecule has 2 aromatic rings. The summed E-state index contributed by atoms with van der Waals surface area (Å²) in [6, 6.07) is 6.01. The molecule has 1 aromatic heterocycles. The first-order valence-corrected chi connectivity index (χ1v) is 6.17. The molecule has 0 saturated heterocycles. The van der Waals surface area contributed by atoms with E-state index in [1.165, 1.54) is 0 Å². The third-order valence-electron chi connectivity index (χ3n) is 3.47. The number of fused-ring (bicyclic) bond motifs is 1. The van der Waals surface area contributed by atoms with Gasteiger partial charge in [0.25, 0.3) is 0 Å². The lowest BCUT2D eigenvalue weighted by Gasteiger charge is -2.25. The minimum Gasteiger partial charge on any atom is -0.496 e. The van der Waals surface area contributed by atoms with Crippen molar-refractivity contribution in [2.75, 3.05) is 20.7 Å². The molecule has 0 amide bonds. The van der Waals surface area contributed by atoms with Crippen LogP contribution in [0, 0.1) is 0 Å². The Balaban J connectivity index is 2.09. The van der Waals surface area contributed by atoms with Crippen LogP contribution >= 0.6 is 0 Å². The van der Waals surface area contributed by atoms with Crippen molar-refractivity contribution in [1.82, 2.24) is 15.1 Å². The lowest BCUT2D eigenvalue weighted by Crippen LogP contribution is -2.23. The summed E-state index contributed by atoms with van der Waals surface area (Å²) in [6.07, 6.45) is 5.36. The van der Waals surface area contributed by atoms with Crippen LogP contribution in [0.4, 0.5) is 0 Å². The van der Waals surface area contributed by atoms with Gasteiger partial charge in [-0.3, -0.25) is 5.10 Å². The van der Waals surface area contributed by atoms with E-state index < -0.39 is 0 Å². The average Bonchev–Trinajstić information content (AvgIpc) is 2.82. The Hall–Kier alpha value is -1.97. The number of nitrogens with one attached hydrogen (secondary N) is 1. The first-order valence-electron chi connectivity index (χ1n) is 6.17. The number of nitrogens with zero attached hydrogens (tertiary/aromatic N) is 2. The van der Waals surface area contributed by atoms with Crippen molar-refractivity contribution < 1.29 is 4.74 Å². The summed E-state index contributed by atoms with van der Waals surface area (Å²) >= 11 is 0. The van der Waals surface area contributed by atoms with E-state index in [9.17, 15) is 0 Å². The number of ether oxygens (including phenoxy) is 1. The van der Waals surface area contributed by atoms with Crippen molar-refractivity contribution in [3.05, 3.63) is 36.2 Å². The first-order chi connectivity index (χ1) is 8.79. The molecule has 0 radical (unpaired) electrons. The van der Waals surface area contributed by atoms with Crippen molar-refractivity contribution in [3.63, 3.8) is 0 Å². The van der Waals surface area contributed by atoms with Gasteiger partial charge in [0.1, 0.15) is 5.75 Å². The Bertz CT molecular complexity index is 588. The topological polar surface area (TPSA) is 41.1 Å². The fourth-order valence-corrected chi connectivity index (χ4v) is 2.62. The molecule has 3 rings (SSSR count). The van der Waals surface area contributed by atoms with Crippen molar-refractivity contribution in [2.45, 2.75) is 12.3 Å². The van der Waals surface area contributed by atoms with E-state index in [0.717, 1.165) is 35.3 Å². The minimum absolute atomic E-state index is 0.421. The fraction of sp³-hybridized carbons (Fsp3) is 0.357. The average molecular weight is 243 g/mol. The van der Waals surface area contributed by atoms with Crippen LogP contribution in [-0.4, -0.2) is 35.8 Å². The quantitative estimate of drug-likeness (QED) is 0.881. The summed E-state index contributed by atoms with van der Waals surface area (Å²) in [5, 5.41) is 8.72. The fourth-order valence-electron chi connectivity index (χ4n) is 2.62. The number of aromatic nitrogens is 2. The Kier molecular flexibility index (Phi) is 2.70. The Morgan fingerprint density at radius 3 is 3.11 bits per heavy atom. The van der Waals surface area contributed by atoms with E-state index >= 15 is 0 Å². The normalized spacial score (nSPS) is 19.4. The predicted octanol–water partition coefficient (Wildman–Crippen LogP) is 2.50. The van der Waals surface area contributed by atoms with Gasteiger partial charge in [-0.25, -0.2) is 0 Å². The number of allylic oxidation sites excluding steroid dienone is 1. The van der Waals surface area contributed by atoms with E-state index in [0.29, 0.717) is 5.92 Å². The Morgan fingerprint density at radius 2 is 2.33 bits per heavy atom. The van der Waals surface area contributed by atoms with Crippen LogP contribution in [-0.2, 0) is 0 Å². The van der Waals surface area contributed by atoms with Crippen LogP contribution in [0.5, 0.6) is 5.75 Å². The number of aromatic amines is 1. The summed E-state index contributed by atoms with van der Waals surface area (Å²) in [7, 11) is 3.80. The van der Waals surface area contributed by atoms with E-state index in [2.05, 4.69) is 34.4 Å². The van der Waals surface area contributed by atoms with E-state index in [4.69, 9.17) is 4.74 Å². The van der Waals surface area contributed by atoms with Crippen molar-refractivity contribution >= 4 is 10.9 Å². The van der Waals surface area contributed by atoms with Gasteiger partial charge in [0, 0.05) is 19.5 Å². The van der Waals surface area contributed by atoms with Crippen LogP contribution in [0.1, 0.15) is 18.0 Å². The van der Waals surface area contributed by atoms with Gasteiger partial charge in [-0.1, -0.05) is 12.1 Å². The summed E-state index contributed by atoms with van der Waals surface area (Å²) in [5.74, 6) is 1.32. The second kappa shape index (κ2) is 4.37. The van der Waals surface area contributed by atoms with Gasteiger partial charge in [0.15, 0.2) is 0 Å². The number of benzene rings is 1. The molecule has 0 fully saturated rings. The molecule has 4 nitrogen and oxygen atoms in total. The van der Waals surface area contributed by atoms with Gasteiger partial charge < -0.3 is 9.64 Å². The summed E-state index contributed by atoms with van der Waals surface area (Å²) < 4.78 is 5.45. The molecule has 94 valence electrons. The molecule has 0 bridgehead atoms. The molecule has 4 heteroatoms. The predicted molar refractivity (Wildman–Crippen MR) is 71.8 cm³/mol. The van der Waals surface area contributed by atoms with Gasteiger partial charge in [0.2, 0.25) is 0 Å². The second-order valence-corrected chi connectivity index (χ2v) is 4.75. The zero-order chi connectivity index (χ0) is 12.5. The van der Waals surface area contributed by atoms with Crippen LogP contribution in [0.15, 0.2) is 30.5 Å². The Labute approximate surface area is 106 Å². The maximum atomic E-state index is 5.45. The molecule has 1 aliphatic heterocycles. The molecule has 1 atom stereocenters. The van der Waals surface area contributed by atoms with Crippen LogP contribution in [0.3, 0.4) is 0 Å². The molecule has 0 spiro atoms. The van der Waals surface area contributed by atoms with Crippen LogP contribution < -0.4 is 4.74 Å². The van der Waals surface area contributed by atoms with Gasteiger partial charge >= 0.3 is 0 Å². The van der Waals surface area contributed by atoms with Crippen LogP contribution in [0.2, 0.25) is 0 Å². The van der Waals surface area contributed by atoms with Crippen LogP contribution in [0.25, 0.3) is 10.9 Å². The summed E-state index contributed by atoms with van der Waals surface area (Å²) in [5.41, 5.74) is 2.15. The molecule has 0 aliphatic carbocycles. The molecule has 1 aromatic carbocycles. The highest BCUT2D eigenvalue weighted by molar-refractivity contribution is 5.88. The summed E-state index contributed by atoms with van der Waals surface area (Å²) in [4.78, 5) is 2.20. The largest absolute Gasteiger partial charge is 0.496 e. The molecular weight excluding hydrogens is 226 g/mol. The molecule has 1 aliphatic rings. The van der Waals surface area contributed by atoms with Gasteiger partial charge in [-0.05, 0) is 24.8 Å². The lowest BCUT2D eigenvalue weighted by atomic mass is 9.95. The zero-order valence-electron chi connectivity index (χ0n) is 10.7. The Morgan fingerprint density at radius 1 is 1.44 bits per heavy atom. The van der Waals surface area contributed by atoms with Gasteiger partial charge in [-0.2, -0.15) is 5.10 Å². The van der Waals surface area contributed by atoms with Crippen molar-refractivity contribution in [2.24, 2.45) is 0 Å². The third-order valence-corrected chi connectivity index (χ3v) is 3.47. The number of hydrogen-bond donors (Lipinski definition) is 1. The maximum Gasteiger partial charge on any atom is 0.130 e. The molecule has 1 unspecified atom stereocenters. The third kappa shape index (κ3) is 1.74. The second-order valence-electron chi connectivity index (χ2n) is 4.75. The number of rotatable bonds is 2. The SMILES string of the molecule is COc1cccc2[nH]nc(C3CC=CN(C)C3)c12. The van der Waals surface area contributed by atoms with Crippen molar-refractivity contribution in [1.29, 1.82) is 0 Å². The highest BCUT2D eigenvalue weighted by Gasteiger charge is 2.22. The van der Waals surface area contributed by atoms with E-state index in [-0.39, 0.29) is 0 Å². The standard InChI is InChI=1S/C14H17N3O/c1-17-8-4-5-10(9-17)14-13-11(15-16-14)6-3-7-12(13)18-2/h3-4,6-8,10H,5,9H2,1-2H3,(H,15,16). The smallest absolute Gasteiger partial charge is 0.130 e. The maximum absolute atomic E-state index is 5.45. The first kappa shape index (κ1) is 11.1. The molecule has 18 heavy (non-hydrogen) atoms. The van der Waals surface area contributed by atoms with E-state index in [1.807, 2.05) is 18.2 Å². The van der Waals surface area contributed by atoms with Gasteiger partial charge in [-0.15, -0.1) is 0 Å². The van der Waals surface area contributed by atoms with E-state index in [1.54, 1.807) is 7.11 Å².